The average Bonchev–Trinajstić information content (AvgIpc) is 2.95. The van der Waals surface area contributed by atoms with Gasteiger partial charge in [-0.1, -0.05) is 6.07 Å². The number of nitrogens with one attached hydrogen (secondary N) is 1. The van der Waals surface area contributed by atoms with Crippen LogP contribution in [-0.2, 0) is 13.6 Å². The summed E-state index contributed by atoms with van der Waals surface area (Å²) >= 11 is 0. The van der Waals surface area contributed by atoms with Crippen LogP contribution in [-0.4, -0.2) is 25.7 Å². The van der Waals surface area contributed by atoms with Gasteiger partial charge in [0.05, 0.1) is 23.6 Å². The molecule has 0 atom stereocenters. The SMILES string of the molecule is Cn1nc(CNC(=O)c2ccncc2)cc1-c1ccccn1. The number of nitrogens with zero attached hydrogens (tertiary/aromatic N) is 4. The molecule has 0 unspecified atom stereocenters. The molecule has 110 valence electrons. The lowest BCUT2D eigenvalue weighted by Crippen LogP contribution is -2.23. The molecule has 0 aromatic carbocycles. The minimum Gasteiger partial charge on any atom is -0.346 e. The largest absolute Gasteiger partial charge is 0.346 e. The van der Waals surface area contributed by atoms with Gasteiger partial charge >= 0.3 is 0 Å². The Bertz CT molecular complexity index is 768. The van der Waals surface area contributed by atoms with E-state index >= 15 is 0 Å². The standard InChI is InChI=1S/C16H15N5O/c1-21-15(14-4-2-3-7-18-14)10-13(20-21)11-19-16(22)12-5-8-17-9-6-12/h2-10H,11H2,1H3,(H,19,22). The maximum atomic E-state index is 12.0. The van der Waals surface area contributed by atoms with E-state index < -0.39 is 0 Å². The molecular weight excluding hydrogens is 278 g/mol. The van der Waals surface area contributed by atoms with Crippen LogP contribution in [0.25, 0.3) is 11.4 Å². The molecule has 1 N–H and O–H groups in total. The van der Waals surface area contributed by atoms with E-state index in [4.69, 9.17) is 0 Å². The van der Waals surface area contributed by atoms with Crippen LogP contribution in [0.2, 0.25) is 0 Å². The number of rotatable bonds is 4. The highest BCUT2D eigenvalue weighted by Gasteiger charge is 2.10. The number of pyridine rings is 2. The highest BCUT2D eigenvalue weighted by Crippen LogP contribution is 2.16. The van der Waals surface area contributed by atoms with Crippen molar-refractivity contribution in [1.82, 2.24) is 25.1 Å². The van der Waals surface area contributed by atoms with Crippen LogP contribution in [0.4, 0.5) is 0 Å². The summed E-state index contributed by atoms with van der Waals surface area (Å²) < 4.78 is 1.76. The van der Waals surface area contributed by atoms with E-state index in [-0.39, 0.29) is 5.91 Å². The fourth-order valence-corrected chi connectivity index (χ4v) is 2.14. The first kappa shape index (κ1) is 13.9. The fourth-order valence-electron chi connectivity index (χ4n) is 2.14. The average molecular weight is 293 g/mol. The van der Waals surface area contributed by atoms with E-state index in [0.717, 1.165) is 17.1 Å². The third kappa shape index (κ3) is 3.01. The lowest BCUT2D eigenvalue weighted by Gasteiger charge is -2.02. The molecule has 0 radical (unpaired) electrons. The minimum atomic E-state index is -0.146. The second-order valence-electron chi connectivity index (χ2n) is 4.78. The summed E-state index contributed by atoms with van der Waals surface area (Å²) in [6.45, 7) is 0.363. The summed E-state index contributed by atoms with van der Waals surface area (Å²) in [7, 11) is 1.86. The van der Waals surface area contributed by atoms with Gasteiger partial charge in [0.25, 0.3) is 5.91 Å². The third-order valence-corrected chi connectivity index (χ3v) is 3.23. The van der Waals surface area contributed by atoms with Crippen molar-refractivity contribution in [3.63, 3.8) is 0 Å². The van der Waals surface area contributed by atoms with Gasteiger partial charge in [0.1, 0.15) is 0 Å². The Balaban J connectivity index is 1.71. The van der Waals surface area contributed by atoms with Gasteiger partial charge < -0.3 is 5.32 Å². The number of carbonyl (C=O) groups is 1. The summed E-state index contributed by atoms with van der Waals surface area (Å²) in [6, 6.07) is 11.0. The minimum absolute atomic E-state index is 0.146. The molecule has 3 aromatic rings. The molecule has 22 heavy (non-hydrogen) atoms. The van der Waals surface area contributed by atoms with Crippen LogP contribution in [0, 0.1) is 0 Å². The molecule has 6 heteroatoms. The van der Waals surface area contributed by atoms with Gasteiger partial charge in [0, 0.05) is 31.2 Å². The molecule has 0 saturated heterocycles. The first-order valence-electron chi connectivity index (χ1n) is 6.86. The van der Waals surface area contributed by atoms with Crippen LogP contribution in [0.1, 0.15) is 16.1 Å². The van der Waals surface area contributed by atoms with Crippen LogP contribution < -0.4 is 5.32 Å². The van der Waals surface area contributed by atoms with Crippen molar-refractivity contribution in [3.05, 3.63) is 66.2 Å². The van der Waals surface area contributed by atoms with Crippen molar-refractivity contribution in [2.24, 2.45) is 7.05 Å². The smallest absolute Gasteiger partial charge is 0.251 e. The van der Waals surface area contributed by atoms with Crippen molar-refractivity contribution < 1.29 is 4.79 Å². The Hall–Kier alpha value is -3.02. The first-order chi connectivity index (χ1) is 10.7. The Morgan fingerprint density at radius 2 is 2.00 bits per heavy atom. The predicted octanol–water partition coefficient (Wildman–Crippen LogP) is 1.81. The molecule has 0 spiro atoms. The Kier molecular flexibility index (Phi) is 3.91. The number of carbonyl (C=O) groups excluding carboxylic acids is 1. The molecule has 3 aromatic heterocycles. The Morgan fingerprint density at radius 3 is 2.73 bits per heavy atom. The van der Waals surface area contributed by atoms with Gasteiger partial charge in [0.15, 0.2) is 0 Å². The zero-order chi connectivity index (χ0) is 15.4. The lowest BCUT2D eigenvalue weighted by molar-refractivity contribution is 0.0950. The molecule has 0 fully saturated rings. The molecule has 0 saturated carbocycles. The lowest BCUT2D eigenvalue weighted by atomic mass is 10.2. The molecular formula is C16H15N5O. The van der Waals surface area contributed by atoms with Crippen LogP contribution in [0.15, 0.2) is 55.0 Å². The van der Waals surface area contributed by atoms with Gasteiger partial charge in [-0.15, -0.1) is 0 Å². The van der Waals surface area contributed by atoms with Crippen LogP contribution in [0.3, 0.4) is 0 Å². The van der Waals surface area contributed by atoms with Crippen LogP contribution >= 0.6 is 0 Å². The topological polar surface area (TPSA) is 72.7 Å². The molecule has 3 rings (SSSR count). The van der Waals surface area contributed by atoms with E-state index in [1.807, 2.05) is 31.3 Å². The summed E-state index contributed by atoms with van der Waals surface area (Å²) in [5.74, 6) is -0.146. The van der Waals surface area contributed by atoms with E-state index in [2.05, 4.69) is 20.4 Å². The molecule has 0 aliphatic heterocycles. The monoisotopic (exact) mass is 293 g/mol. The zero-order valence-electron chi connectivity index (χ0n) is 12.1. The van der Waals surface area contributed by atoms with Crippen molar-refractivity contribution in [2.75, 3.05) is 0 Å². The van der Waals surface area contributed by atoms with E-state index in [1.165, 1.54) is 0 Å². The van der Waals surface area contributed by atoms with Crippen molar-refractivity contribution >= 4 is 5.91 Å². The summed E-state index contributed by atoms with van der Waals surface area (Å²) in [4.78, 5) is 20.2. The van der Waals surface area contributed by atoms with Gasteiger partial charge in [-0.25, -0.2) is 0 Å². The van der Waals surface area contributed by atoms with E-state index in [9.17, 15) is 4.79 Å². The molecule has 1 amide bonds. The number of aromatic nitrogens is 4. The Labute approximate surface area is 127 Å². The maximum Gasteiger partial charge on any atom is 0.251 e. The van der Waals surface area contributed by atoms with Gasteiger partial charge in [-0.2, -0.15) is 5.10 Å². The molecule has 0 bridgehead atoms. The normalized spacial score (nSPS) is 10.4. The predicted molar refractivity (Wildman–Crippen MR) is 81.8 cm³/mol. The molecule has 0 aliphatic rings. The van der Waals surface area contributed by atoms with Gasteiger partial charge in [-0.3, -0.25) is 19.4 Å². The van der Waals surface area contributed by atoms with Crippen molar-refractivity contribution in [3.8, 4) is 11.4 Å². The first-order valence-corrected chi connectivity index (χ1v) is 6.86. The number of hydrogen-bond acceptors (Lipinski definition) is 4. The summed E-state index contributed by atoms with van der Waals surface area (Å²) in [5, 5.41) is 7.25. The fraction of sp³-hybridized carbons (Fsp3) is 0.125. The highest BCUT2D eigenvalue weighted by atomic mass is 16.1. The quantitative estimate of drug-likeness (QED) is 0.796. The van der Waals surface area contributed by atoms with Crippen molar-refractivity contribution in [1.29, 1.82) is 0 Å². The number of hydrogen-bond donors (Lipinski definition) is 1. The van der Waals surface area contributed by atoms with E-state index in [0.29, 0.717) is 12.1 Å². The number of amides is 1. The second kappa shape index (κ2) is 6.17. The Morgan fingerprint density at radius 1 is 1.18 bits per heavy atom. The molecule has 3 heterocycles. The van der Waals surface area contributed by atoms with Crippen LogP contribution in [0.5, 0.6) is 0 Å². The second-order valence-corrected chi connectivity index (χ2v) is 4.78. The van der Waals surface area contributed by atoms with Gasteiger partial charge in [0.2, 0.25) is 0 Å². The maximum absolute atomic E-state index is 12.0. The van der Waals surface area contributed by atoms with Crippen molar-refractivity contribution in [2.45, 2.75) is 6.54 Å². The number of aryl methyl sites for hydroxylation is 1. The molecule has 0 aliphatic carbocycles. The highest BCUT2D eigenvalue weighted by molar-refractivity contribution is 5.93. The van der Waals surface area contributed by atoms with Gasteiger partial charge in [-0.05, 0) is 30.3 Å². The summed E-state index contributed by atoms with van der Waals surface area (Å²) in [6.07, 6.45) is 4.93. The summed E-state index contributed by atoms with van der Waals surface area (Å²) in [5.41, 5.74) is 3.12. The zero-order valence-corrected chi connectivity index (χ0v) is 12.1. The van der Waals surface area contributed by atoms with E-state index in [1.54, 1.807) is 35.4 Å². The third-order valence-electron chi connectivity index (χ3n) is 3.23. The molecule has 6 nitrogen and oxygen atoms in total.